The molecule has 1 N–H and O–H groups in total. The van der Waals surface area contributed by atoms with Crippen molar-refractivity contribution in [2.45, 2.75) is 13.0 Å². The molecule has 0 saturated heterocycles. The maximum absolute atomic E-state index is 11.2. The van der Waals surface area contributed by atoms with Gasteiger partial charge in [-0.05, 0) is 19.1 Å². The molecule has 0 bridgehead atoms. The molecule has 4 heteroatoms. The maximum Gasteiger partial charge on any atom is 0.333 e. The van der Waals surface area contributed by atoms with Crippen LogP contribution >= 0.6 is 0 Å². The zero-order valence-corrected chi connectivity index (χ0v) is 9.76. The van der Waals surface area contributed by atoms with Gasteiger partial charge in [-0.3, -0.25) is 0 Å². The van der Waals surface area contributed by atoms with Gasteiger partial charge in [0.2, 0.25) is 0 Å². The lowest BCUT2D eigenvalue weighted by Crippen LogP contribution is -2.28. The van der Waals surface area contributed by atoms with Gasteiger partial charge in [-0.2, -0.15) is 0 Å². The lowest BCUT2D eigenvalue weighted by Gasteiger charge is -2.16. The molecule has 0 aliphatic rings. The third kappa shape index (κ3) is 4.70. The summed E-state index contributed by atoms with van der Waals surface area (Å²) in [6.45, 7) is 4.84. The van der Waals surface area contributed by atoms with E-state index in [1.54, 1.807) is 19.1 Å². The number of aliphatic hydroxyl groups is 1. The summed E-state index contributed by atoms with van der Waals surface area (Å²) in [7, 11) is 0. The van der Waals surface area contributed by atoms with Crippen molar-refractivity contribution in [2.75, 3.05) is 13.2 Å². The molecule has 0 saturated carbocycles. The number of hydrogen-bond donors (Lipinski definition) is 1. The standard InChI is InChI=1S/C13H16O4/c1-10(2)13(15)17-12(8-14)9-16-11-6-4-3-5-7-11/h3-7,12,14H,1,8-9H2,2H3/t12-/m1/s1. The van der Waals surface area contributed by atoms with Crippen molar-refractivity contribution >= 4 is 5.97 Å². The fourth-order valence-electron chi connectivity index (χ4n) is 1.08. The summed E-state index contributed by atoms with van der Waals surface area (Å²) in [6, 6.07) is 9.12. The SMILES string of the molecule is C=C(C)C(=O)O[C@H](CO)COc1ccccc1. The number of aliphatic hydroxyl groups excluding tert-OH is 1. The van der Waals surface area contributed by atoms with Crippen LogP contribution in [-0.2, 0) is 9.53 Å². The maximum atomic E-state index is 11.2. The van der Waals surface area contributed by atoms with Crippen molar-refractivity contribution in [3.05, 3.63) is 42.5 Å². The van der Waals surface area contributed by atoms with E-state index in [2.05, 4.69) is 6.58 Å². The van der Waals surface area contributed by atoms with Gasteiger partial charge in [0.1, 0.15) is 12.4 Å². The molecular weight excluding hydrogens is 220 g/mol. The van der Waals surface area contributed by atoms with Crippen LogP contribution in [0.25, 0.3) is 0 Å². The number of benzene rings is 1. The van der Waals surface area contributed by atoms with Gasteiger partial charge in [0.25, 0.3) is 0 Å². The van der Waals surface area contributed by atoms with E-state index in [1.165, 1.54) is 0 Å². The number of para-hydroxylation sites is 1. The highest BCUT2D eigenvalue weighted by molar-refractivity contribution is 5.87. The Morgan fingerprint density at radius 1 is 1.41 bits per heavy atom. The summed E-state index contributed by atoms with van der Waals surface area (Å²) in [5.74, 6) is 0.137. The van der Waals surface area contributed by atoms with Crippen molar-refractivity contribution in [2.24, 2.45) is 0 Å². The third-order valence-corrected chi connectivity index (χ3v) is 2.00. The van der Waals surface area contributed by atoms with Crippen molar-refractivity contribution < 1.29 is 19.4 Å². The van der Waals surface area contributed by atoms with Crippen molar-refractivity contribution in [3.63, 3.8) is 0 Å². The van der Waals surface area contributed by atoms with Crippen LogP contribution in [0.4, 0.5) is 0 Å². The highest BCUT2D eigenvalue weighted by Crippen LogP contribution is 2.09. The second-order valence-corrected chi connectivity index (χ2v) is 3.61. The average molecular weight is 236 g/mol. The average Bonchev–Trinajstić information content (AvgIpc) is 2.35. The van der Waals surface area contributed by atoms with E-state index in [1.807, 2.05) is 18.2 Å². The number of carbonyl (C=O) groups is 1. The zero-order valence-electron chi connectivity index (χ0n) is 9.76. The molecule has 92 valence electrons. The Morgan fingerprint density at radius 2 is 2.06 bits per heavy atom. The summed E-state index contributed by atoms with van der Waals surface area (Å²) < 4.78 is 10.3. The molecule has 0 aliphatic carbocycles. The van der Waals surface area contributed by atoms with Crippen LogP contribution in [0.2, 0.25) is 0 Å². The van der Waals surface area contributed by atoms with Crippen molar-refractivity contribution in [3.8, 4) is 5.75 Å². The Labute approximate surface area is 100 Å². The minimum Gasteiger partial charge on any atom is -0.490 e. The van der Waals surface area contributed by atoms with Gasteiger partial charge in [0.15, 0.2) is 6.10 Å². The number of hydrogen-bond acceptors (Lipinski definition) is 4. The fraction of sp³-hybridized carbons (Fsp3) is 0.308. The molecule has 4 nitrogen and oxygen atoms in total. The molecule has 0 radical (unpaired) electrons. The summed E-state index contributed by atoms with van der Waals surface area (Å²) in [5, 5.41) is 9.05. The molecule has 0 unspecified atom stereocenters. The second-order valence-electron chi connectivity index (χ2n) is 3.61. The van der Waals surface area contributed by atoms with Crippen LogP contribution in [0.15, 0.2) is 42.5 Å². The predicted molar refractivity (Wildman–Crippen MR) is 63.7 cm³/mol. The van der Waals surface area contributed by atoms with Gasteiger partial charge in [-0.15, -0.1) is 0 Å². The summed E-state index contributed by atoms with van der Waals surface area (Å²) in [4.78, 5) is 11.2. The minimum absolute atomic E-state index is 0.111. The van der Waals surface area contributed by atoms with Crippen LogP contribution in [0.3, 0.4) is 0 Å². The van der Waals surface area contributed by atoms with Gasteiger partial charge >= 0.3 is 5.97 Å². The molecule has 0 heterocycles. The molecule has 0 amide bonds. The van der Waals surface area contributed by atoms with Crippen LogP contribution in [-0.4, -0.2) is 30.4 Å². The number of esters is 1. The molecule has 0 spiro atoms. The monoisotopic (exact) mass is 236 g/mol. The molecule has 1 aromatic carbocycles. The molecule has 0 fully saturated rings. The highest BCUT2D eigenvalue weighted by Gasteiger charge is 2.14. The number of rotatable bonds is 6. The molecule has 1 atom stereocenters. The zero-order chi connectivity index (χ0) is 12.7. The largest absolute Gasteiger partial charge is 0.490 e. The summed E-state index contributed by atoms with van der Waals surface area (Å²) >= 11 is 0. The fourth-order valence-corrected chi connectivity index (χ4v) is 1.08. The Hall–Kier alpha value is -1.81. The van der Waals surface area contributed by atoms with Gasteiger partial charge < -0.3 is 14.6 Å². The molecular formula is C13H16O4. The molecule has 1 rings (SSSR count). The Bertz CT molecular complexity index is 372. The van der Waals surface area contributed by atoms with E-state index in [4.69, 9.17) is 14.6 Å². The second kappa shape index (κ2) is 6.70. The van der Waals surface area contributed by atoms with E-state index >= 15 is 0 Å². The van der Waals surface area contributed by atoms with Crippen LogP contribution in [0.5, 0.6) is 5.75 Å². The quantitative estimate of drug-likeness (QED) is 0.601. The van der Waals surface area contributed by atoms with Gasteiger partial charge in [0, 0.05) is 5.57 Å². The Balaban J connectivity index is 2.43. The van der Waals surface area contributed by atoms with Crippen LogP contribution in [0.1, 0.15) is 6.92 Å². The smallest absolute Gasteiger partial charge is 0.333 e. The van der Waals surface area contributed by atoms with Gasteiger partial charge in [-0.25, -0.2) is 4.79 Å². The summed E-state index contributed by atoms with van der Waals surface area (Å²) in [6.07, 6.45) is -0.681. The highest BCUT2D eigenvalue weighted by atomic mass is 16.6. The van der Waals surface area contributed by atoms with Gasteiger partial charge in [-0.1, -0.05) is 24.8 Å². The first-order valence-corrected chi connectivity index (χ1v) is 5.28. The van der Waals surface area contributed by atoms with E-state index in [9.17, 15) is 4.79 Å². The van der Waals surface area contributed by atoms with Crippen LogP contribution < -0.4 is 4.74 Å². The van der Waals surface area contributed by atoms with Crippen molar-refractivity contribution in [1.29, 1.82) is 0 Å². The number of carbonyl (C=O) groups excluding carboxylic acids is 1. The number of ether oxygens (including phenoxy) is 2. The topological polar surface area (TPSA) is 55.8 Å². The normalized spacial score (nSPS) is 11.6. The van der Waals surface area contributed by atoms with E-state index < -0.39 is 12.1 Å². The van der Waals surface area contributed by atoms with E-state index in [-0.39, 0.29) is 13.2 Å². The Morgan fingerprint density at radius 3 is 2.59 bits per heavy atom. The first-order valence-electron chi connectivity index (χ1n) is 5.28. The summed E-state index contributed by atoms with van der Waals surface area (Å²) in [5.41, 5.74) is 0.295. The minimum atomic E-state index is -0.681. The van der Waals surface area contributed by atoms with E-state index in [0.29, 0.717) is 11.3 Å². The molecule has 0 aromatic heterocycles. The molecule has 0 aliphatic heterocycles. The third-order valence-electron chi connectivity index (χ3n) is 2.00. The first-order chi connectivity index (χ1) is 8.13. The Kier molecular flexibility index (Phi) is 5.23. The van der Waals surface area contributed by atoms with Crippen LogP contribution in [0, 0.1) is 0 Å². The lowest BCUT2D eigenvalue weighted by atomic mass is 10.3. The van der Waals surface area contributed by atoms with E-state index in [0.717, 1.165) is 0 Å². The first kappa shape index (κ1) is 13.3. The predicted octanol–water partition coefficient (Wildman–Crippen LogP) is 1.55. The molecule has 1 aromatic rings. The van der Waals surface area contributed by atoms with Gasteiger partial charge in [0.05, 0.1) is 6.61 Å². The van der Waals surface area contributed by atoms with Crippen molar-refractivity contribution in [1.82, 2.24) is 0 Å². The molecule has 17 heavy (non-hydrogen) atoms. The lowest BCUT2D eigenvalue weighted by molar-refractivity contribution is -0.147.